The smallest absolute Gasteiger partial charge is 0.237 e. The molecule has 0 aliphatic rings. The fourth-order valence-corrected chi connectivity index (χ4v) is 3.56. The van der Waals surface area contributed by atoms with Crippen LogP contribution >= 0.6 is 0 Å². The second-order valence-corrected chi connectivity index (χ2v) is 7.51. The van der Waals surface area contributed by atoms with Crippen LogP contribution in [0.3, 0.4) is 0 Å². The topological polar surface area (TPSA) is 8.81 Å². The fraction of sp³-hybridized carbons (Fsp3) is 0.864. The number of aromatic nitrogens is 2. The molecule has 0 amide bonds. The van der Waals surface area contributed by atoms with Crippen LogP contribution < -0.4 is 4.57 Å². The van der Waals surface area contributed by atoms with E-state index in [0.717, 1.165) is 0 Å². The van der Waals surface area contributed by atoms with Crippen molar-refractivity contribution in [3.63, 3.8) is 0 Å². The Labute approximate surface area is 151 Å². The molecule has 24 heavy (non-hydrogen) atoms. The summed E-state index contributed by atoms with van der Waals surface area (Å²) in [6, 6.07) is 0. The number of aryl methyl sites for hydroxylation is 2. The SMILES string of the molecule is CCCCCCCCCCCCCc1n(C)cc[n+]1CCCCC. The molecule has 0 saturated heterocycles. The summed E-state index contributed by atoms with van der Waals surface area (Å²) < 4.78 is 4.80. The van der Waals surface area contributed by atoms with Gasteiger partial charge in [-0.2, -0.15) is 0 Å². The molecule has 0 aliphatic carbocycles. The summed E-state index contributed by atoms with van der Waals surface area (Å²) in [6.07, 6.45) is 25.4. The van der Waals surface area contributed by atoms with Crippen molar-refractivity contribution in [2.24, 2.45) is 7.05 Å². The van der Waals surface area contributed by atoms with Crippen molar-refractivity contribution in [3.05, 3.63) is 18.2 Å². The second kappa shape index (κ2) is 14.5. The molecule has 0 N–H and O–H groups in total. The molecule has 2 nitrogen and oxygen atoms in total. The lowest BCUT2D eigenvalue weighted by Crippen LogP contribution is -2.37. The number of nitrogens with zero attached hydrogens (tertiary/aromatic N) is 2. The molecule has 0 radical (unpaired) electrons. The predicted molar refractivity (Wildman–Crippen MR) is 105 cm³/mol. The maximum Gasteiger partial charge on any atom is 0.256 e. The Kier molecular flexibility index (Phi) is 12.9. The maximum absolute atomic E-state index is 2.48. The van der Waals surface area contributed by atoms with E-state index >= 15 is 0 Å². The van der Waals surface area contributed by atoms with Gasteiger partial charge in [-0.1, -0.05) is 84.5 Å². The zero-order chi connectivity index (χ0) is 17.5. The lowest BCUT2D eigenvalue weighted by molar-refractivity contribution is -0.704. The van der Waals surface area contributed by atoms with Gasteiger partial charge in [0.1, 0.15) is 12.4 Å². The van der Waals surface area contributed by atoms with Gasteiger partial charge >= 0.3 is 0 Å². The third kappa shape index (κ3) is 9.49. The molecule has 0 fully saturated rings. The molecule has 0 saturated carbocycles. The van der Waals surface area contributed by atoms with Crippen LogP contribution in [0.5, 0.6) is 0 Å². The quantitative estimate of drug-likeness (QED) is 0.246. The highest BCUT2D eigenvalue weighted by molar-refractivity contribution is 4.82. The molecule has 0 aromatic carbocycles. The van der Waals surface area contributed by atoms with Gasteiger partial charge in [0.2, 0.25) is 0 Å². The van der Waals surface area contributed by atoms with Crippen LogP contribution in [0.1, 0.15) is 110 Å². The summed E-state index contributed by atoms with van der Waals surface area (Å²) >= 11 is 0. The summed E-state index contributed by atoms with van der Waals surface area (Å²) in [6.45, 7) is 5.77. The molecule has 0 unspecified atom stereocenters. The number of rotatable bonds is 16. The Hall–Kier alpha value is -0.790. The summed E-state index contributed by atoms with van der Waals surface area (Å²) in [5.74, 6) is 1.52. The average Bonchev–Trinajstić information content (AvgIpc) is 2.93. The molecule has 140 valence electrons. The Morgan fingerprint density at radius 2 is 1.21 bits per heavy atom. The van der Waals surface area contributed by atoms with E-state index in [1.165, 1.54) is 109 Å². The molecule has 0 spiro atoms. The number of hydrogen-bond acceptors (Lipinski definition) is 0. The van der Waals surface area contributed by atoms with Gasteiger partial charge in [-0.05, 0) is 19.3 Å². The van der Waals surface area contributed by atoms with Crippen LogP contribution in [0.15, 0.2) is 12.4 Å². The highest BCUT2D eigenvalue weighted by atomic mass is 15.1. The fourth-order valence-electron chi connectivity index (χ4n) is 3.56. The van der Waals surface area contributed by atoms with Gasteiger partial charge in [0.25, 0.3) is 5.82 Å². The highest BCUT2D eigenvalue weighted by Gasteiger charge is 2.13. The molecule has 1 aromatic heterocycles. The number of hydrogen-bond donors (Lipinski definition) is 0. The van der Waals surface area contributed by atoms with Gasteiger partial charge < -0.3 is 0 Å². The zero-order valence-electron chi connectivity index (χ0n) is 16.9. The Morgan fingerprint density at radius 3 is 1.79 bits per heavy atom. The molecule has 1 aromatic rings. The predicted octanol–water partition coefficient (Wildman–Crippen LogP) is 6.36. The average molecular weight is 336 g/mol. The van der Waals surface area contributed by atoms with Crippen LogP contribution in [0.2, 0.25) is 0 Å². The van der Waals surface area contributed by atoms with Crippen LogP contribution in [-0.4, -0.2) is 4.57 Å². The Bertz CT molecular complexity index is 395. The van der Waals surface area contributed by atoms with E-state index in [1.807, 2.05) is 0 Å². The van der Waals surface area contributed by atoms with Gasteiger partial charge in [0, 0.05) is 6.42 Å². The lowest BCUT2D eigenvalue weighted by Gasteiger charge is -2.04. The van der Waals surface area contributed by atoms with Crippen molar-refractivity contribution < 1.29 is 4.57 Å². The third-order valence-corrected chi connectivity index (χ3v) is 5.22. The number of imidazole rings is 1. The molecule has 2 heteroatoms. The van der Waals surface area contributed by atoms with Crippen LogP contribution in [-0.2, 0) is 20.0 Å². The minimum atomic E-state index is 1.20. The van der Waals surface area contributed by atoms with Crippen molar-refractivity contribution in [1.82, 2.24) is 4.57 Å². The van der Waals surface area contributed by atoms with E-state index in [-0.39, 0.29) is 0 Å². The molecule has 1 rings (SSSR count). The Morgan fingerprint density at radius 1 is 0.708 bits per heavy atom. The largest absolute Gasteiger partial charge is 0.256 e. The van der Waals surface area contributed by atoms with Gasteiger partial charge in [0.05, 0.1) is 13.6 Å². The molecule has 1 heterocycles. The first-order valence-electron chi connectivity index (χ1n) is 10.8. The number of unbranched alkanes of at least 4 members (excludes halogenated alkanes) is 12. The first-order valence-corrected chi connectivity index (χ1v) is 10.8. The van der Waals surface area contributed by atoms with Crippen molar-refractivity contribution >= 4 is 0 Å². The van der Waals surface area contributed by atoms with Crippen molar-refractivity contribution in [1.29, 1.82) is 0 Å². The van der Waals surface area contributed by atoms with Crippen LogP contribution in [0.4, 0.5) is 0 Å². The minimum Gasteiger partial charge on any atom is -0.237 e. The van der Waals surface area contributed by atoms with Crippen molar-refractivity contribution in [2.45, 2.75) is 117 Å². The van der Waals surface area contributed by atoms with E-state index in [0.29, 0.717) is 0 Å². The normalized spacial score (nSPS) is 11.3. The minimum absolute atomic E-state index is 1.20. The lowest BCUT2D eigenvalue weighted by atomic mass is 10.1. The standard InChI is InChI=1S/C22H43N2/c1-4-6-8-9-10-11-12-13-14-15-16-18-22-23(3)20-21-24(22)19-17-7-5-2/h20-21H,4-19H2,1-3H3/q+1. The van der Waals surface area contributed by atoms with E-state index in [9.17, 15) is 0 Å². The molecule has 0 atom stereocenters. The second-order valence-electron chi connectivity index (χ2n) is 7.51. The first kappa shape index (κ1) is 21.3. The van der Waals surface area contributed by atoms with Crippen LogP contribution in [0, 0.1) is 0 Å². The molecular weight excluding hydrogens is 292 g/mol. The summed E-state index contributed by atoms with van der Waals surface area (Å²) in [7, 11) is 2.20. The summed E-state index contributed by atoms with van der Waals surface area (Å²) in [5, 5.41) is 0. The maximum atomic E-state index is 2.48. The molecule has 0 bridgehead atoms. The Balaban J connectivity index is 2.03. The van der Waals surface area contributed by atoms with Gasteiger partial charge in [0.15, 0.2) is 0 Å². The molecule has 0 aliphatic heterocycles. The van der Waals surface area contributed by atoms with Crippen molar-refractivity contribution in [3.8, 4) is 0 Å². The summed E-state index contributed by atoms with van der Waals surface area (Å²) in [5.41, 5.74) is 0. The monoisotopic (exact) mass is 335 g/mol. The summed E-state index contributed by atoms with van der Waals surface area (Å²) in [4.78, 5) is 0. The van der Waals surface area contributed by atoms with E-state index in [2.05, 4.69) is 42.4 Å². The van der Waals surface area contributed by atoms with E-state index in [4.69, 9.17) is 0 Å². The van der Waals surface area contributed by atoms with E-state index in [1.54, 1.807) is 0 Å². The van der Waals surface area contributed by atoms with Gasteiger partial charge in [-0.25, -0.2) is 9.13 Å². The molecular formula is C22H43N2+. The third-order valence-electron chi connectivity index (χ3n) is 5.22. The van der Waals surface area contributed by atoms with Crippen molar-refractivity contribution in [2.75, 3.05) is 0 Å². The first-order chi connectivity index (χ1) is 11.8. The highest BCUT2D eigenvalue weighted by Crippen LogP contribution is 2.12. The van der Waals surface area contributed by atoms with Gasteiger partial charge in [-0.3, -0.25) is 0 Å². The van der Waals surface area contributed by atoms with E-state index < -0.39 is 0 Å². The van der Waals surface area contributed by atoms with Gasteiger partial charge in [-0.15, -0.1) is 0 Å². The zero-order valence-corrected chi connectivity index (χ0v) is 16.9. The van der Waals surface area contributed by atoms with Crippen LogP contribution in [0.25, 0.3) is 0 Å².